The van der Waals surface area contributed by atoms with Crippen molar-refractivity contribution in [3.05, 3.63) is 0 Å². The maximum absolute atomic E-state index is 8.91. The lowest BCUT2D eigenvalue weighted by atomic mass is 10.1. The van der Waals surface area contributed by atoms with Gasteiger partial charge >= 0.3 is 0 Å². The molecule has 2 unspecified atom stereocenters. The molecule has 0 spiro atoms. The van der Waals surface area contributed by atoms with E-state index >= 15 is 0 Å². The van der Waals surface area contributed by atoms with Crippen LogP contribution in [0.4, 0.5) is 0 Å². The van der Waals surface area contributed by atoms with Crippen molar-refractivity contribution >= 4 is 0 Å². The molecule has 1 aliphatic rings. The van der Waals surface area contributed by atoms with Gasteiger partial charge in [-0.1, -0.05) is 6.92 Å². The number of likely N-dealkylation sites (N-methyl/N-ethyl adjacent to an activating group) is 1. The summed E-state index contributed by atoms with van der Waals surface area (Å²) in [5.41, 5.74) is 0. The quantitative estimate of drug-likeness (QED) is 0.613. The summed E-state index contributed by atoms with van der Waals surface area (Å²) in [5.74, 6) is 0. The molecule has 0 aromatic carbocycles. The number of hydrogen-bond donors (Lipinski definition) is 0. The van der Waals surface area contributed by atoms with E-state index in [9.17, 15) is 0 Å². The van der Waals surface area contributed by atoms with Crippen LogP contribution in [-0.4, -0.2) is 42.1 Å². The summed E-state index contributed by atoms with van der Waals surface area (Å²) in [6.07, 6.45) is 1.02. The van der Waals surface area contributed by atoms with Crippen LogP contribution in [0.3, 0.4) is 0 Å². The summed E-state index contributed by atoms with van der Waals surface area (Å²) < 4.78 is 0. The van der Waals surface area contributed by atoms with Crippen LogP contribution in [0.25, 0.3) is 0 Å². The molecular weight excluding hydrogens is 164 g/mol. The van der Waals surface area contributed by atoms with Crippen LogP contribution in [0.2, 0.25) is 0 Å². The maximum atomic E-state index is 8.91. The molecule has 4 nitrogen and oxygen atoms in total. The topological polar surface area (TPSA) is 54.1 Å². The Morgan fingerprint density at radius 1 is 1.31 bits per heavy atom. The van der Waals surface area contributed by atoms with Crippen molar-refractivity contribution in [1.29, 1.82) is 10.5 Å². The highest BCUT2D eigenvalue weighted by Gasteiger charge is 2.37. The van der Waals surface area contributed by atoms with Gasteiger partial charge in [-0.3, -0.25) is 9.80 Å². The highest BCUT2D eigenvalue weighted by molar-refractivity contribution is 5.13. The average molecular weight is 178 g/mol. The third-order valence-electron chi connectivity index (χ3n) is 2.35. The minimum absolute atomic E-state index is 0.255. The zero-order valence-electron chi connectivity index (χ0n) is 8.06. The van der Waals surface area contributed by atoms with Crippen LogP contribution in [-0.2, 0) is 0 Å². The molecule has 0 amide bonds. The first-order chi connectivity index (χ1) is 6.24. The lowest BCUT2D eigenvalue weighted by Gasteiger charge is -2.16. The Bertz CT molecular complexity index is 249. The molecule has 1 saturated heterocycles. The molecule has 4 heteroatoms. The van der Waals surface area contributed by atoms with Gasteiger partial charge in [0.1, 0.15) is 12.1 Å². The van der Waals surface area contributed by atoms with Gasteiger partial charge in [0.05, 0.1) is 18.8 Å². The van der Waals surface area contributed by atoms with Crippen molar-refractivity contribution in [3.8, 4) is 12.1 Å². The summed E-state index contributed by atoms with van der Waals surface area (Å²) >= 11 is 0. The molecule has 13 heavy (non-hydrogen) atoms. The largest absolute Gasteiger partial charge is 0.276 e. The van der Waals surface area contributed by atoms with E-state index in [2.05, 4.69) is 19.1 Å². The summed E-state index contributed by atoms with van der Waals surface area (Å²) in [4.78, 5) is 3.97. The Morgan fingerprint density at radius 2 is 1.92 bits per heavy atom. The summed E-state index contributed by atoms with van der Waals surface area (Å²) in [7, 11) is 1.88. The fourth-order valence-electron chi connectivity index (χ4n) is 1.72. The Balaban J connectivity index is 2.72. The summed E-state index contributed by atoms with van der Waals surface area (Å²) in [6, 6.07) is 3.84. The second-order valence-electron chi connectivity index (χ2n) is 3.36. The SMILES string of the molecule is CCCN1CN(C)C(C#N)C1C#N. The average Bonchev–Trinajstić information content (AvgIpc) is 2.41. The fourth-order valence-corrected chi connectivity index (χ4v) is 1.72. The zero-order valence-corrected chi connectivity index (χ0v) is 8.06. The molecule has 2 atom stereocenters. The molecular formula is C9H14N4. The fraction of sp³-hybridized carbons (Fsp3) is 0.778. The van der Waals surface area contributed by atoms with E-state index in [0.717, 1.165) is 19.6 Å². The molecule has 1 aliphatic heterocycles. The van der Waals surface area contributed by atoms with Crippen LogP contribution < -0.4 is 0 Å². The zero-order chi connectivity index (χ0) is 9.84. The molecule has 0 saturated carbocycles. The van der Waals surface area contributed by atoms with Gasteiger partial charge in [0, 0.05) is 6.54 Å². The first-order valence-electron chi connectivity index (χ1n) is 4.48. The van der Waals surface area contributed by atoms with Crippen molar-refractivity contribution in [3.63, 3.8) is 0 Å². The second-order valence-corrected chi connectivity index (χ2v) is 3.36. The van der Waals surface area contributed by atoms with E-state index in [1.165, 1.54) is 0 Å². The molecule has 1 heterocycles. The van der Waals surface area contributed by atoms with Crippen molar-refractivity contribution in [2.24, 2.45) is 0 Å². The van der Waals surface area contributed by atoms with Crippen LogP contribution >= 0.6 is 0 Å². The van der Waals surface area contributed by atoms with Gasteiger partial charge in [0.2, 0.25) is 0 Å². The lowest BCUT2D eigenvalue weighted by Crippen LogP contribution is -2.34. The van der Waals surface area contributed by atoms with Crippen molar-refractivity contribution in [2.45, 2.75) is 25.4 Å². The Hall–Kier alpha value is -1.10. The predicted octanol–water partition coefficient (Wildman–Crippen LogP) is 0.386. The molecule has 70 valence electrons. The monoisotopic (exact) mass is 178 g/mol. The maximum Gasteiger partial charge on any atom is 0.128 e. The van der Waals surface area contributed by atoms with E-state index < -0.39 is 0 Å². The molecule has 0 aromatic heterocycles. The summed E-state index contributed by atoms with van der Waals surface area (Å²) in [5, 5.41) is 17.8. The van der Waals surface area contributed by atoms with Gasteiger partial charge in [0.25, 0.3) is 0 Å². The Labute approximate surface area is 79.0 Å². The van der Waals surface area contributed by atoms with Crippen molar-refractivity contribution in [2.75, 3.05) is 20.3 Å². The van der Waals surface area contributed by atoms with Gasteiger partial charge in [-0.25, -0.2) is 0 Å². The third-order valence-corrected chi connectivity index (χ3v) is 2.35. The standard InChI is InChI=1S/C9H14N4/c1-3-4-13-7-12(2)8(5-10)9(13)6-11/h8-9H,3-4,7H2,1-2H3. The number of rotatable bonds is 2. The molecule has 0 aliphatic carbocycles. The molecule has 1 rings (SSSR count). The van der Waals surface area contributed by atoms with Crippen LogP contribution in [0.5, 0.6) is 0 Å². The molecule has 0 radical (unpaired) electrons. The van der Waals surface area contributed by atoms with E-state index in [4.69, 9.17) is 10.5 Å². The van der Waals surface area contributed by atoms with Crippen LogP contribution in [0.1, 0.15) is 13.3 Å². The highest BCUT2D eigenvalue weighted by atomic mass is 15.4. The van der Waals surface area contributed by atoms with Crippen LogP contribution in [0, 0.1) is 22.7 Å². The van der Waals surface area contributed by atoms with E-state index in [-0.39, 0.29) is 12.1 Å². The van der Waals surface area contributed by atoms with E-state index in [1.807, 2.05) is 16.8 Å². The minimum Gasteiger partial charge on any atom is -0.276 e. The first-order valence-corrected chi connectivity index (χ1v) is 4.48. The third kappa shape index (κ3) is 1.80. The minimum atomic E-state index is -0.267. The molecule has 0 N–H and O–H groups in total. The number of nitriles is 2. The van der Waals surface area contributed by atoms with Gasteiger partial charge in [-0.15, -0.1) is 0 Å². The van der Waals surface area contributed by atoms with E-state index in [0.29, 0.717) is 0 Å². The van der Waals surface area contributed by atoms with Crippen molar-refractivity contribution in [1.82, 2.24) is 9.80 Å². The molecule has 1 fully saturated rings. The smallest absolute Gasteiger partial charge is 0.128 e. The normalized spacial score (nSPS) is 29.8. The Kier molecular flexibility index (Phi) is 3.25. The van der Waals surface area contributed by atoms with Crippen molar-refractivity contribution < 1.29 is 0 Å². The van der Waals surface area contributed by atoms with Gasteiger partial charge in [0.15, 0.2) is 0 Å². The van der Waals surface area contributed by atoms with E-state index in [1.54, 1.807) is 0 Å². The number of nitrogens with zero attached hydrogens (tertiary/aromatic N) is 4. The van der Waals surface area contributed by atoms with Gasteiger partial charge in [-0.2, -0.15) is 10.5 Å². The number of hydrogen-bond acceptors (Lipinski definition) is 4. The predicted molar refractivity (Wildman–Crippen MR) is 48.4 cm³/mol. The summed E-state index contributed by atoms with van der Waals surface area (Å²) in [6.45, 7) is 3.69. The lowest BCUT2D eigenvalue weighted by molar-refractivity contribution is 0.256. The Morgan fingerprint density at radius 3 is 2.38 bits per heavy atom. The molecule has 0 aromatic rings. The second kappa shape index (κ2) is 4.23. The van der Waals surface area contributed by atoms with Gasteiger partial charge in [-0.05, 0) is 13.5 Å². The van der Waals surface area contributed by atoms with Gasteiger partial charge < -0.3 is 0 Å². The first kappa shape index (κ1) is 9.98. The van der Waals surface area contributed by atoms with Crippen LogP contribution in [0.15, 0.2) is 0 Å². The highest BCUT2D eigenvalue weighted by Crippen LogP contribution is 2.18. The molecule has 0 bridgehead atoms.